The van der Waals surface area contributed by atoms with E-state index in [9.17, 15) is 9.59 Å². The molecule has 29 heavy (non-hydrogen) atoms. The molecule has 1 aromatic carbocycles. The molecule has 0 spiro atoms. The van der Waals surface area contributed by atoms with Crippen LogP contribution in [-0.2, 0) is 17.8 Å². The molecule has 0 aliphatic rings. The Hall–Kier alpha value is -2.62. The van der Waals surface area contributed by atoms with Crippen molar-refractivity contribution in [2.75, 3.05) is 5.43 Å². The highest BCUT2D eigenvalue weighted by atomic mass is 32.1. The number of amides is 1. The van der Waals surface area contributed by atoms with E-state index < -0.39 is 0 Å². The molecule has 3 heterocycles. The maximum Gasteiger partial charge on any atom is 0.280 e. The zero-order chi connectivity index (χ0) is 20.5. The van der Waals surface area contributed by atoms with Gasteiger partial charge in [-0.25, -0.2) is 9.66 Å². The highest BCUT2D eigenvalue weighted by molar-refractivity contribution is 7.73. The Labute approximate surface area is 180 Å². The molecule has 0 aliphatic carbocycles. The summed E-state index contributed by atoms with van der Waals surface area (Å²) in [6.45, 7) is 4.07. The van der Waals surface area contributed by atoms with Crippen LogP contribution in [0.2, 0.25) is 0 Å². The highest BCUT2D eigenvalue weighted by Gasteiger charge is 2.13. The lowest BCUT2D eigenvalue weighted by molar-refractivity contribution is -0.117. The van der Waals surface area contributed by atoms with Crippen LogP contribution in [0.1, 0.15) is 17.4 Å². The average Bonchev–Trinajstić information content (AvgIpc) is 3.29. The normalized spacial score (nSPS) is 11.1. The Kier molecular flexibility index (Phi) is 5.44. The first-order valence-corrected chi connectivity index (χ1v) is 11.1. The molecular weight excluding hydrogens is 424 g/mol. The van der Waals surface area contributed by atoms with Gasteiger partial charge in [-0.3, -0.25) is 15.0 Å². The van der Waals surface area contributed by atoms with Gasteiger partial charge < -0.3 is 4.57 Å². The third-order valence-electron chi connectivity index (χ3n) is 4.53. The van der Waals surface area contributed by atoms with Crippen LogP contribution in [0.5, 0.6) is 0 Å². The van der Waals surface area contributed by atoms with Crippen molar-refractivity contribution >= 4 is 51.0 Å². The van der Waals surface area contributed by atoms with Crippen molar-refractivity contribution in [2.45, 2.75) is 26.8 Å². The zero-order valence-corrected chi connectivity index (χ0v) is 18.3. The Balaban J connectivity index is 1.60. The van der Waals surface area contributed by atoms with Gasteiger partial charge in [-0.2, -0.15) is 0 Å². The molecule has 1 amide bonds. The van der Waals surface area contributed by atoms with Crippen LogP contribution >= 0.6 is 34.9 Å². The number of thiophene rings is 1. The van der Waals surface area contributed by atoms with Crippen molar-refractivity contribution in [2.24, 2.45) is 0 Å². The largest absolute Gasteiger partial charge is 0.313 e. The van der Waals surface area contributed by atoms with E-state index in [1.165, 1.54) is 29.0 Å². The SMILES string of the molecule is CCc1cc2c(=O)n(NC(=O)Cn3c(-c4ccc(C)cc4)csc3=S)cnc2s1. The van der Waals surface area contributed by atoms with Gasteiger partial charge in [-0.05, 0) is 37.2 Å². The summed E-state index contributed by atoms with van der Waals surface area (Å²) in [5.74, 6) is -0.345. The summed E-state index contributed by atoms with van der Waals surface area (Å²) in [6.07, 6.45) is 2.19. The Morgan fingerprint density at radius 2 is 2.03 bits per heavy atom. The minimum atomic E-state index is -0.345. The maximum absolute atomic E-state index is 12.7. The first kappa shape index (κ1) is 19.7. The summed E-state index contributed by atoms with van der Waals surface area (Å²) in [6, 6.07) is 9.89. The fraction of sp³-hybridized carbons (Fsp3) is 0.200. The number of aromatic nitrogens is 3. The van der Waals surface area contributed by atoms with Gasteiger partial charge in [-0.1, -0.05) is 36.8 Å². The van der Waals surface area contributed by atoms with Crippen molar-refractivity contribution in [1.29, 1.82) is 0 Å². The van der Waals surface area contributed by atoms with Crippen LogP contribution in [0.25, 0.3) is 21.5 Å². The van der Waals surface area contributed by atoms with Crippen molar-refractivity contribution < 1.29 is 4.79 Å². The quantitative estimate of drug-likeness (QED) is 0.466. The second-order valence-electron chi connectivity index (χ2n) is 6.58. The molecule has 6 nitrogen and oxygen atoms in total. The van der Waals surface area contributed by atoms with Crippen molar-refractivity contribution in [1.82, 2.24) is 14.2 Å². The molecule has 0 saturated carbocycles. The van der Waals surface area contributed by atoms with Crippen LogP contribution in [0.4, 0.5) is 0 Å². The number of rotatable bonds is 5. The summed E-state index contributed by atoms with van der Waals surface area (Å²) in [5, 5.41) is 2.46. The summed E-state index contributed by atoms with van der Waals surface area (Å²) in [4.78, 5) is 31.4. The number of fused-ring (bicyclic) bond motifs is 1. The molecule has 148 valence electrons. The van der Waals surface area contributed by atoms with E-state index in [4.69, 9.17) is 12.2 Å². The lowest BCUT2D eigenvalue weighted by Gasteiger charge is -2.11. The van der Waals surface area contributed by atoms with Crippen LogP contribution in [-0.4, -0.2) is 20.1 Å². The first-order chi connectivity index (χ1) is 14.0. The van der Waals surface area contributed by atoms with Gasteiger partial charge in [0.05, 0.1) is 11.1 Å². The summed E-state index contributed by atoms with van der Waals surface area (Å²) >= 11 is 8.31. The van der Waals surface area contributed by atoms with E-state index >= 15 is 0 Å². The Bertz CT molecular complexity index is 1310. The molecular formula is C20H18N4O2S3. The number of hydrogen-bond donors (Lipinski definition) is 1. The van der Waals surface area contributed by atoms with E-state index in [-0.39, 0.29) is 18.0 Å². The molecule has 0 radical (unpaired) electrons. The number of thiazole rings is 1. The minimum Gasteiger partial charge on any atom is -0.313 e. The fourth-order valence-corrected chi connectivity index (χ4v) is 4.97. The van der Waals surface area contributed by atoms with E-state index in [0.29, 0.717) is 14.2 Å². The van der Waals surface area contributed by atoms with E-state index in [1.807, 2.05) is 49.6 Å². The van der Waals surface area contributed by atoms with Crippen LogP contribution in [0.15, 0.2) is 46.8 Å². The third kappa shape index (κ3) is 3.93. The minimum absolute atomic E-state index is 0.0138. The lowest BCUT2D eigenvalue weighted by Crippen LogP contribution is -2.34. The highest BCUT2D eigenvalue weighted by Crippen LogP contribution is 2.24. The van der Waals surface area contributed by atoms with Gasteiger partial charge in [0, 0.05) is 10.3 Å². The predicted octanol–water partition coefficient (Wildman–Crippen LogP) is 4.36. The molecule has 3 aromatic heterocycles. The predicted molar refractivity (Wildman–Crippen MR) is 121 cm³/mol. The molecule has 9 heteroatoms. The second kappa shape index (κ2) is 8.02. The number of benzene rings is 1. The van der Waals surface area contributed by atoms with Gasteiger partial charge in [0.1, 0.15) is 17.7 Å². The number of hydrogen-bond acceptors (Lipinski definition) is 6. The van der Waals surface area contributed by atoms with E-state index in [1.54, 1.807) is 4.57 Å². The van der Waals surface area contributed by atoms with Gasteiger partial charge >= 0.3 is 0 Å². The van der Waals surface area contributed by atoms with Crippen molar-refractivity contribution in [3.05, 3.63) is 66.8 Å². The summed E-state index contributed by atoms with van der Waals surface area (Å²) in [5.41, 5.74) is 5.37. The molecule has 0 bridgehead atoms. The topological polar surface area (TPSA) is 68.9 Å². The number of aryl methyl sites for hydroxylation is 2. The lowest BCUT2D eigenvalue weighted by atomic mass is 10.1. The zero-order valence-electron chi connectivity index (χ0n) is 15.8. The van der Waals surface area contributed by atoms with Crippen LogP contribution in [0, 0.1) is 10.9 Å². The second-order valence-corrected chi connectivity index (χ2v) is 9.20. The first-order valence-electron chi connectivity index (χ1n) is 9.01. The fourth-order valence-electron chi connectivity index (χ4n) is 2.97. The molecule has 0 saturated heterocycles. The number of carbonyl (C=O) groups is 1. The number of carbonyl (C=O) groups excluding carboxylic acids is 1. The smallest absolute Gasteiger partial charge is 0.280 e. The monoisotopic (exact) mass is 442 g/mol. The summed E-state index contributed by atoms with van der Waals surface area (Å²) in [7, 11) is 0. The van der Waals surface area contributed by atoms with Gasteiger partial charge in [0.15, 0.2) is 3.95 Å². The van der Waals surface area contributed by atoms with Crippen LogP contribution < -0.4 is 11.0 Å². The standard InChI is InChI=1S/C20H18N4O2S3/c1-3-14-8-15-18(29-14)21-11-24(19(15)26)22-17(25)9-23-16(10-28-20(23)27)13-6-4-12(2)5-7-13/h4-8,10-11H,3,9H2,1-2H3,(H,22,25). The van der Waals surface area contributed by atoms with E-state index in [0.717, 1.165) is 32.8 Å². The van der Waals surface area contributed by atoms with Crippen LogP contribution in [0.3, 0.4) is 0 Å². The molecule has 0 unspecified atom stereocenters. The molecule has 0 atom stereocenters. The average molecular weight is 443 g/mol. The van der Waals surface area contributed by atoms with E-state index in [2.05, 4.69) is 10.4 Å². The van der Waals surface area contributed by atoms with Gasteiger partial charge in [0.2, 0.25) is 0 Å². The Morgan fingerprint density at radius 1 is 1.28 bits per heavy atom. The molecule has 1 N–H and O–H groups in total. The molecule has 0 aliphatic heterocycles. The van der Waals surface area contributed by atoms with Crippen molar-refractivity contribution in [3.63, 3.8) is 0 Å². The van der Waals surface area contributed by atoms with Gasteiger partial charge in [-0.15, -0.1) is 22.7 Å². The molecule has 4 rings (SSSR count). The molecule has 0 fully saturated rings. The summed E-state index contributed by atoms with van der Waals surface area (Å²) < 4.78 is 3.51. The van der Waals surface area contributed by atoms with Gasteiger partial charge in [0.25, 0.3) is 11.5 Å². The third-order valence-corrected chi connectivity index (χ3v) is 6.99. The van der Waals surface area contributed by atoms with Crippen molar-refractivity contribution in [3.8, 4) is 11.3 Å². The number of nitrogens with one attached hydrogen (secondary N) is 1. The maximum atomic E-state index is 12.7. The molecule has 4 aromatic rings. The number of nitrogens with zero attached hydrogens (tertiary/aromatic N) is 3. The Morgan fingerprint density at radius 3 is 2.76 bits per heavy atom.